The topological polar surface area (TPSA) is 44.4 Å². The molecule has 118 valence electrons. The predicted molar refractivity (Wildman–Crippen MR) is 90.3 cm³/mol. The molecule has 1 amide bonds. The molecule has 0 aromatic heterocycles. The number of nitrogens with zero attached hydrogens (tertiary/aromatic N) is 1. The van der Waals surface area contributed by atoms with Gasteiger partial charge in [0.25, 0.3) is 0 Å². The van der Waals surface area contributed by atoms with Crippen LogP contribution in [-0.2, 0) is 4.79 Å². The molecule has 1 fully saturated rings. The highest BCUT2D eigenvalue weighted by molar-refractivity contribution is 5.92. The van der Waals surface area contributed by atoms with Crippen molar-refractivity contribution in [1.29, 1.82) is 0 Å². The fourth-order valence-electron chi connectivity index (χ4n) is 2.51. The molecule has 1 aromatic rings. The molecule has 1 aliphatic heterocycles. The smallest absolute Gasteiger partial charge is 0.238 e. The van der Waals surface area contributed by atoms with Crippen LogP contribution in [0.1, 0.15) is 32.3 Å². The summed E-state index contributed by atoms with van der Waals surface area (Å²) in [4.78, 5) is 14.2. The zero-order valence-electron chi connectivity index (χ0n) is 13.1. The molecule has 1 saturated heterocycles. The molecule has 1 unspecified atom stereocenters. The zero-order chi connectivity index (χ0) is 14.5. The highest BCUT2D eigenvalue weighted by Gasteiger charge is 2.17. The van der Waals surface area contributed by atoms with E-state index in [4.69, 9.17) is 0 Å². The van der Waals surface area contributed by atoms with Crippen molar-refractivity contribution in [2.24, 2.45) is 0 Å². The Morgan fingerprint density at radius 3 is 2.62 bits per heavy atom. The number of rotatable bonds is 4. The van der Waals surface area contributed by atoms with Crippen LogP contribution < -0.4 is 10.6 Å². The molecule has 2 rings (SSSR count). The Bertz CT molecular complexity index is 447. The van der Waals surface area contributed by atoms with Crippen LogP contribution in [0.15, 0.2) is 24.3 Å². The van der Waals surface area contributed by atoms with Crippen LogP contribution >= 0.6 is 12.4 Å². The van der Waals surface area contributed by atoms with E-state index in [1.54, 1.807) is 0 Å². The minimum Gasteiger partial charge on any atom is -0.325 e. The summed E-state index contributed by atoms with van der Waals surface area (Å²) in [6.45, 7) is 9.77. The Balaban J connectivity index is 0.00000220. The van der Waals surface area contributed by atoms with Gasteiger partial charge in [-0.25, -0.2) is 0 Å². The first kappa shape index (κ1) is 18.0. The largest absolute Gasteiger partial charge is 0.325 e. The van der Waals surface area contributed by atoms with Crippen LogP contribution in [0.25, 0.3) is 0 Å². The quantitative estimate of drug-likeness (QED) is 0.898. The molecular weight excluding hydrogens is 286 g/mol. The summed E-state index contributed by atoms with van der Waals surface area (Å²) in [5.74, 6) is 0.582. The van der Waals surface area contributed by atoms with Gasteiger partial charge in [-0.15, -0.1) is 12.4 Å². The lowest BCUT2D eigenvalue weighted by molar-refractivity contribution is -0.117. The van der Waals surface area contributed by atoms with Gasteiger partial charge in [-0.05, 0) is 30.5 Å². The number of carbonyl (C=O) groups is 1. The summed E-state index contributed by atoms with van der Waals surface area (Å²) in [5.41, 5.74) is 2.17. The molecule has 1 heterocycles. The van der Waals surface area contributed by atoms with E-state index < -0.39 is 0 Å². The molecule has 0 aliphatic carbocycles. The van der Waals surface area contributed by atoms with Gasteiger partial charge in [-0.1, -0.05) is 26.0 Å². The summed E-state index contributed by atoms with van der Waals surface area (Å²) < 4.78 is 0. The Morgan fingerprint density at radius 2 is 2.05 bits per heavy atom. The molecule has 1 aliphatic rings. The monoisotopic (exact) mass is 311 g/mol. The van der Waals surface area contributed by atoms with E-state index in [1.807, 2.05) is 12.1 Å². The van der Waals surface area contributed by atoms with Crippen LogP contribution in [0.3, 0.4) is 0 Å². The molecule has 1 atom stereocenters. The minimum atomic E-state index is 0. The molecule has 0 bridgehead atoms. The maximum absolute atomic E-state index is 12.0. The van der Waals surface area contributed by atoms with E-state index in [9.17, 15) is 4.79 Å². The van der Waals surface area contributed by atoms with Crippen molar-refractivity contribution in [3.05, 3.63) is 29.8 Å². The highest BCUT2D eigenvalue weighted by atomic mass is 35.5. The van der Waals surface area contributed by atoms with Crippen LogP contribution in [0.2, 0.25) is 0 Å². The Morgan fingerprint density at radius 1 is 1.38 bits per heavy atom. The van der Waals surface area contributed by atoms with Gasteiger partial charge in [0, 0.05) is 31.4 Å². The Kier molecular flexibility index (Phi) is 7.15. The van der Waals surface area contributed by atoms with Crippen LogP contribution in [0.5, 0.6) is 0 Å². The second-order valence-electron chi connectivity index (χ2n) is 5.92. The van der Waals surface area contributed by atoms with Gasteiger partial charge in [0.1, 0.15) is 0 Å². The summed E-state index contributed by atoms with van der Waals surface area (Å²) in [6, 6.07) is 8.57. The fraction of sp³-hybridized carbons (Fsp3) is 0.562. The second kappa shape index (κ2) is 8.37. The van der Waals surface area contributed by atoms with E-state index in [0.717, 1.165) is 25.3 Å². The zero-order valence-corrected chi connectivity index (χ0v) is 13.9. The normalized spacial score (nSPS) is 19.1. The number of hydrogen-bond acceptors (Lipinski definition) is 3. The van der Waals surface area contributed by atoms with Crippen molar-refractivity contribution < 1.29 is 4.79 Å². The van der Waals surface area contributed by atoms with E-state index in [1.165, 1.54) is 5.56 Å². The Labute approximate surface area is 133 Å². The van der Waals surface area contributed by atoms with Crippen molar-refractivity contribution in [3.8, 4) is 0 Å². The standard InChI is InChI=1S/C16H25N3O.ClH/c1-12(2)14-4-6-15(7-5-14)18-16(20)11-19-9-8-17-13(3)10-19;/h4-7,12-13,17H,8-11H2,1-3H3,(H,18,20);1H. The highest BCUT2D eigenvalue weighted by Crippen LogP contribution is 2.17. The molecule has 5 heteroatoms. The van der Waals surface area contributed by atoms with Crippen LogP contribution in [0, 0.1) is 0 Å². The number of piperazine rings is 1. The third-order valence-electron chi connectivity index (χ3n) is 3.68. The lowest BCUT2D eigenvalue weighted by Crippen LogP contribution is -2.51. The number of anilines is 1. The number of hydrogen-bond donors (Lipinski definition) is 2. The summed E-state index contributed by atoms with van der Waals surface area (Å²) >= 11 is 0. The van der Waals surface area contributed by atoms with E-state index in [-0.39, 0.29) is 18.3 Å². The lowest BCUT2D eigenvalue weighted by Gasteiger charge is -2.31. The first-order valence-electron chi connectivity index (χ1n) is 7.40. The molecule has 0 radical (unpaired) electrons. The number of amides is 1. The van der Waals surface area contributed by atoms with E-state index >= 15 is 0 Å². The number of nitrogens with one attached hydrogen (secondary N) is 2. The predicted octanol–water partition coefficient (Wildman–Crippen LogP) is 2.46. The number of benzene rings is 1. The second-order valence-corrected chi connectivity index (χ2v) is 5.92. The van der Waals surface area contributed by atoms with E-state index in [0.29, 0.717) is 18.5 Å². The van der Waals surface area contributed by atoms with Gasteiger partial charge < -0.3 is 10.6 Å². The Hall–Kier alpha value is -1.10. The lowest BCUT2D eigenvalue weighted by atomic mass is 10.0. The SMILES string of the molecule is CC1CN(CC(=O)Nc2ccc(C(C)C)cc2)CCN1.Cl. The average Bonchev–Trinajstić information content (AvgIpc) is 2.39. The number of carbonyl (C=O) groups excluding carboxylic acids is 1. The van der Waals surface area contributed by atoms with E-state index in [2.05, 4.69) is 48.4 Å². The molecule has 21 heavy (non-hydrogen) atoms. The van der Waals surface area contributed by atoms with Crippen molar-refractivity contribution in [2.45, 2.75) is 32.7 Å². The molecule has 0 spiro atoms. The summed E-state index contributed by atoms with van der Waals surface area (Å²) in [6.07, 6.45) is 0. The molecule has 0 saturated carbocycles. The van der Waals surface area contributed by atoms with Crippen molar-refractivity contribution in [2.75, 3.05) is 31.5 Å². The van der Waals surface area contributed by atoms with Crippen molar-refractivity contribution >= 4 is 24.0 Å². The van der Waals surface area contributed by atoms with Gasteiger partial charge in [-0.3, -0.25) is 9.69 Å². The van der Waals surface area contributed by atoms with Gasteiger partial charge in [0.05, 0.1) is 6.54 Å². The van der Waals surface area contributed by atoms with Crippen LogP contribution in [0.4, 0.5) is 5.69 Å². The first-order valence-corrected chi connectivity index (χ1v) is 7.40. The maximum Gasteiger partial charge on any atom is 0.238 e. The minimum absolute atomic E-state index is 0. The average molecular weight is 312 g/mol. The fourth-order valence-corrected chi connectivity index (χ4v) is 2.51. The molecule has 2 N–H and O–H groups in total. The van der Waals surface area contributed by atoms with Crippen molar-refractivity contribution in [1.82, 2.24) is 10.2 Å². The third kappa shape index (κ3) is 5.65. The molecular formula is C16H26ClN3O. The van der Waals surface area contributed by atoms with Gasteiger partial charge in [-0.2, -0.15) is 0 Å². The first-order chi connectivity index (χ1) is 9.54. The molecule has 4 nitrogen and oxygen atoms in total. The molecule has 1 aromatic carbocycles. The number of halogens is 1. The van der Waals surface area contributed by atoms with Crippen LogP contribution in [-0.4, -0.2) is 43.0 Å². The van der Waals surface area contributed by atoms with Gasteiger partial charge in [0.15, 0.2) is 0 Å². The third-order valence-corrected chi connectivity index (χ3v) is 3.68. The summed E-state index contributed by atoms with van der Waals surface area (Å²) in [7, 11) is 0. The summed E-state index contributed by atoms with van der Waals surface area (Å²) in [5, 5.41) is 6.35. The van der Waals surface area contributed by atoms with Gasteiger partial charge >= 0.3 is 0 Å². The maximum atomic E-state index is 12.0. The van der Waals surface area contributed by atoms with Gasteiger partial charge in [0.2, 0.25) is 5.91 Å². The van der Waals surface area contributed by atoms with Crippen molar-refractivity contribution in [3.63, 3.8) is 0 Å².